The second-order valence-corrected chi connectivity index (χ2v) is 14.7. The molecule has 0 saturated heterocycles. The Hall–Kier alpha value is -3.46. The minimum atomic E-state index is 0.360. The lowest BCUT2D eigenvalue weighted by Crippen LogP contribution is -2.02. The van der Waals surface area contributed by atoms with Crippen LogP contribution in [-0.2, 0) is 0 Å². The summed E-state index contributed by atoms with van der Waals surface area (Å²) in [6, 6.07) is 17.9. The topological polar surface area (TPSA) is 37.9 Å². The zero-order valence-corrected chi connectivity index (χ0v) is 30.4. The largest absolute Gasteiger partial charge is 0.452 e. The summed E-state index contributed by atoms with van der Waals surface area (Å²) in [7, 11) is 0. The van der Waals surface area contributed by atoms with Gasteiger partial charge in [-0.25, -0.2) is 9.98 Å². The highest BCUT2D eigenvalue weighted by Crippen LogP contribution is 2.41. The van der Waals surface area contributed by atoms with Gasteiger partial charge in [-0.3, -0.25) is 0 Å². The summed E-state index contributed by atoms with van der Waals surface area (Å²) in [4.78, 5) is 10.7. The van der Waals surface area contributed by atoms with Crippen LogP contribution in [-0.4, -0.2) is 11.4 Å². The van der Waals surface area contributed by atoms with Gasteiger partial charge in [0.1, 0.15) is 0 Å². The summed E-state index contributed by atoms with van der Waals surface area (Å²) in [5.41, 5.74) is 11.9. The van der Waals surface area contributed by atoms with Gasteiger partial charge in [-0.05, 0) is 82.7 Å². The molecule has 4 aromatic rings. The molecule has 3 aromatic carbocycles. The highest BCUT2D eigenvalue weighted by atomic mass is 16.3. The molecule has 0 radical (unpaired) electrons. The summed E-state index contributed by atoms with van der Waals surface area (Å²) in [6.07, 6.45) is 0. The Labute approximate surface area is 273 Å². The fraction of sp³-hybridized carbons (Fsp3) is 0.476. The van der Waals surface area contributed by atoms with Crippen LogP contribution in [0.4, 0.5) is 11.4 Å². The number of aliphatic imine (C=N–C) groups is 2. The Bertz CT molecular complexity index is 1540. The molecule has 0 saturated carbocycles. The van der Waals surface area contributed by atoms with Crippen LogP contribution in [0.3, 0.4) is 0 Å². The first kappa shape index (κ1) is 34.4. The molecule has 3 nitrogen and oxygen atoms in total. The molecule has 45 heavy (non-hydrogen) atoms. The Morgan fingerprint density at radius 1 is 0.467 bits per heavy atom. The van der Waals surface area contributed by atoms with E-state index in [4.69, 9.17) is 14.4 Å². The molecule has 4 rings (SSSR count). The molecule has 1 aromatic heterocycles. The van der Waals surface area contributed by atoms with E-state index in [2.05, 4.69) is 145 Å². The van der Waals surface area contributed by atoms with Gasteiger partial charge in [-0.1, -0.05) is 132 Å². The first-order valence-corrected chi connectivity index (χ1v) is 17.1. The van der Waals surface area contributed by atoms with Crippen LogP contribution in [0.15, 0.2) is 62.9 Å². The highest BCUT2D eigenvalue weighted by molar-refractivity contribution is 6.15. The molecule has 0 aliphatic carbocycles. The Morgan fingerprint density at radius 2 is 0.756 bits per heavy atom. The highest BCUT2D eigenvalue weighted by Gasteiger charge is 2.22. The van der Waals surface area contributed by atoms with E-state index in [0.29, 0.717) is 35.5 Å². The summed E-state index contributed by atoms with van der Waals surface area (Å²) >= 11 is 0. The van der Waals surface area contributed by atoms with Gasteiger partial charge >= 0.3 is 0 Å². The van der Waals surface area contributed by atoms with E-state index >= 15 is 0 Å². The van der Waals surface area contributed by atoms with Crippen LogP contribution in [0.2, 0.25) is 0 Å². The number of nitrogens with zero attached hydrogens (tertiary/aromatic N) is 2. The fourth-order valence-electron chi connectivity index (χ4n) is 6.16. The zero-order valence-electron chi connectivity index (χ0n) is 30.4. The molecule has 0 fully saturated rings. The second-order valence-electron chi connectivity index (χ2n) is 14.7. The van der Waals surface area contributed by atoms with Gasteiger partial charge in [-0.2, -0.15) is 0 Å². The molecule has 0 aliphatic heterocycles. The monoisotopic (exact) mass is 604 g/mol. The van der Waals surface area contributed by atoms with Crippen molar-refractivity contribution >= 4 is 33.6 Å². The van der Waals surface area contributed by atoms with Crippen molar-refractivity contribution in [2.24, 2.45) is 9.98 Å². The van der Waals surface area contributed by atoms with E-state index in [0.717, 1.165) is 45.1 Å². The van der Waals surface area contributed by atoms with Gasteiger partial charge in [0.05, 0.1) is 22.8 Å². The maximum absolute atomic E-state index is 6.80. The van der Waals surface area contributed by atoms with Crippen LogP contribution in [0, 0.1) is 0 Å². The molecule has 0 bridgehead atoms. The van der Waals surface area contributed by atoms with Gasteiger partial charge < -0.3 is 4.42 Å². The van der Waals surface area contributed by atoms with Crippen LogP contribution in [0.25, 0.3) is 10.8 Å². The summed E-state index contributed by atoms with van der Waals surface area (Å²) in [6.45, 7) is 31.4. The van der Waals surface area contributed by atoms with Crippen LogP contribution < -0.4 is 0 Å². The van der Waals surface area contributed by atoms with E-state index in [1.807, 2.05) is 0 Å². The van der Waals surface area contributed by atoms with Crippen molar-refractivity contribution in [1.29, 1.82) is 0 Å². The van der Waals surface area contributed by atoms with Crippen molar-refractivity contribution in [1.82, 2.24) is 0 Å². The molecule has 240 valence electrons. The lowest BCUT2D eigenvalue weighted by atomic mass is 9.87. The lowest BCUT2D eigenvalue weighted by molar-refractivity contribution is 0.553. The molecule has 0 aliphatic rings. The fourth-order valence-corrected chi connectivity index (χ4v) is 6.16. The van der Waals surface area contributed by atoms with E-state index < -0.39 is 0 Å². The SMILES string of the molecule is CC(=Nc1c(C(C)C)cc(C(C)C)cc1C(C)C)c1oc(C(C)=Nc2c(C(C)C)cc(C(C)C)cc2C(C)C)c2ccccc12. The van der Waals surface area contributed by atoms with Crippen molar-refractivity contribution in [3.8, 4) is 0 Å². The number of rotatable bonds is 10. The van der Waals surface area contributed by atoms with Crippen LogP contribution in [0.5, 0.6) is 0 Å². The normalized spacial score (nSPS) is 13.2. The molecular formula is C42H56N2O. The molecule has 0 N–H and O–H groups in total. The first-order valence-electron chi connectivity index (χ1n) is 17.1. The van der Waals surface area contributed by atoms with Crippen molar-refractivity contribution in [2.45, 2.75) is 132 Å². The third-order valence-electron chi connectivity index (χ3n) is 9.04. The maximum atomic E-state index is 6.80. The van der Waals surface area contributed by atoms with Crippen molar-refractivity contribution < 1.29 is 4.42 Å². The summed E-state index contributed by atoms with van der Waals surface area (Å²) in [5, 5.41) is 2.14. The van der Waals surface area contributed by atoms with Crippen molar-refractivity contribution in [2.75, 3.05) is 0 Å². The molecule has 3 heteroatoms. The quantitative estimate of drug-likeness (QED) is 0.166. The first-order chi connectivity index (χ1) is 21.1. The van der Waals surface area contributed by atoms with E-state index in [9.17, 15) is 0 Å². The molecule has 1 heterocycles. The number of benzene rings is 3. The summed E-state index contributed by atoms with van der Waals surface area (Å²) < 4.78 is 6.80. The molecule has 0 atom stereocenters. The zero-order chi connectivity index (χ0) is 33.3. The third-order valence-corrected chi connectivity index (χ3v) is 9.04. The summed E-state index contributed by atoms with van der Waals surface area (Å²) in [5.74, 6) is 4.00. The maximum Gasteiger partial charge on any atom is 0.156 e. The molecule has 0 amide bonds. The predicted molar refractivity (Wildman–Crippen MR) is 197 cm³/mol. The Balaban J connectivity index is 1.94. The third kappa shape index (κ3) is 7.19. The minimum absolute atomic E-state index is 0.360. The molecular weight excluding hydrogens is 548 g/mol. The van der Waals surface area contributed by atoms with Crippen molar-refractivity contribution in [3.05, 3.63) is 93.4 Å². The number of fused-ring (bicyclic) bond motifs is 1. The average Bonchev–Trinajstić information content (AvgIpc) is 3.36. The van der Waals surface area contributed by atoms with Crippen LogP contribution in [0.1, 0.15) is 177 Å². The smallest absolute Gasteiger partial charge is 0.156 e. The van der Waals surface area contributed by atoms with E-state index in [1.54, 1.807) is 0 Å². The minimum Gasteiger partial charge on any atom is -0.452 e. The Kier molecular flexibility index (Phi) is 10.6. The molecule has 0 unspecified atom stereocenters. The average molecular weight is 605 g/mol. The van der Waals surface area contributed by atoms with Crippen molar-refractivity contribution in [3.63, 3.8) is 0 Å². The van der Waals surface area contributed by atoms with Gasteiger partial charge in [-0.15, -0.1) is 0 Å². The van der Waals surface area contributed by atoms with E-state index in [1.165, 1.54) is 33.4 Å². The lowest BCUT2D eigenvalue weighted by Gasteiger charge is -2.21. The predicted octanol–water partition coefficient (Wildman–Crippen LogP) is 13.5. The van der Waals surface area contributed by atoms with Gasteiger partial charge in [0.2, 0.25) is 0 Å². The van der Waals surface area contributed by atoms with Gasteiger partial charge in [0, 0.05) is 10.8 Å². The number of hydrogen-bond donors (Lipinski definition) is 0. The number of furan rings is 1. The second kappa shape index (κ2) is 13.9. The van der Waals surface area contributed by atoms with Gasteiger partial charge in [0.25, 0.3) is 0 Å². The Morgan fingerprint density at radius 3 is 1.00 bits per heavy atom. The molecule has 0 spiro atoms. The van der Waals surface area contributed by atoms with Gasteiger partial charge in [0.15, 0.2) is 11.5 Å². The van der Waals surface area contributed by atoms with Crippen LogP contribution >= 0.6 is 0 Å². The number of hydrogen-bond acceptors (Lipinski definition) is 3. The standard InChI is InChI=1S/C42H56N2O/c1-23(2)31-19-35(25(5)6)39(36(20-31)26(7)8)43-29(13)41-33-17-15-16-18-34(33)42(45-41)30(14)44-40-37(27(9)10)21-32(24(3)4)22-38(40)28(11)12/h15-28H,1-14H3. The van der Waals surface area contributed by atoms with E-state index in [-0.39, 0.29) is 0 Å².